The third-order valence-corrected chi connectivity index (χ3v) is 3.41. The van der Waals surface area contributed by atoms with E-state index in [1.54, 1.807) is 13.8 Å². The van der Waals surface area contributed by atoms with Crippen molar-refractivity contribution in [2.75, 3.05) is 13.1 Å². The van der Waals surface area contributed by atoms with Gasteiger partial charge in [-0.15, -0.1) is 0 Å². The van der Waals surface area contributed by atoms with Crippen LogP contribution in [0.1, 0.15) is 25.0 Å². The number of benzene rings is 1. The summed E-state index contributed by atoms with van der Waals surface area (Å²) < 4.78 is 0. The summed E-state index contributed by atoms with van der Waals surface area (Å²) in [7, 11) is 0. The molecule has 0 spiro atoms. The van der Waals surface area contributed by atoms with Gasteiger partial charge in [0.1, 0.15) is 0 Å². The monoisotopic (exact) mass is 233 g/mol. The maximum Gasteiger partial charge on any atom is 0.310 e. The van der Waals surface area contributed by atoms with Crippen molar-refractivity contribution in [3.05, 3.63) is 35.4 Å². The van der Waals surface area contributed by atoms with Crippen LogP contribution >= 0.6 is 0 Å². The van der Waals surface area contributed by atoms with Crippen LogP contribution in [0.15, 0.2) is 24.3 Å². The molecule has 0 fully saturated rings. The van der Waals surface area contributed by atoms with Gasteiger partial charge in [0.05, 0.1) is 5.41 Å². The van der Waals surface area contributed by atoms with Gasteiger partial charge in [0.2, 0.25) is 0 Å². The average molecular weight is 233 g/mol. The third-order valence-electron chi connectivity index (χ3n) is 3.41. The Kier molecular flexibility index (Phi) is 3.20. The van der Waals surface area contributed by atoms with Crippen LogP contribution in [-0.4, -0.2) is 29.1 Å². The van der Waals surface area contributed by atoms with Crippen LogP contribution in [0.4, 0.5) is 0 Å². The third kappa shape index (κ3) is 2.67. The van der Waals surface area contributed by atoms with Gasteiger partial charge >= 0.3 is 5.97 Å². The molecule has 0 saturated carbocycles. The molecule has 1 heterocycles. The molecule has 3 nitrogen and oxygen atoms in total. The highest BCUT2D eigenvalue weighted by Crippen LogP contribution is 2.23. The lowest BCUT2D eigenvalue weighted by atomic mass is 9.91. The van der Waals surface area contributed by atoms with E-state index in [1.807, 2.05) is 6.07 Å². The van der Waals surface area contributed by atoms with Crippen molar-refractivity contribution in [3.8, 4) is 0 Å². The van der Waals surface area contributed by atoms with Gasteiger partial charge in [-0.25, -0.2) is 0 Å². The van der Waals surface area contributed by atoms with E-state index >= 15 is 0 Å². The van der Waals surface area contributed by atoms with Gasteiger partial charge in [0.15, 0.2) is 0 Å². The molecular weight excluding hydrogens is 214 g/mol. The highest BCUT2D eigenvalue weighted by molar-refractivity contribution is 5.73. The molecule has 0 amide bonds. The van der Waals surface area contributed by atoms with E-state index in [-0.39, 0.29) is 0 Å². The lowest BCUT2D eigenvalue weighted by Crippen LogP contribution is -2.41. The number of carboxylic acids is 1. The number of nitrogens with zero attached hydrogens (tertiary/aromatic N) is 1. The zero-order valence-corrected chi connectivity index (χ0v) is 10.4. The highest BCUT2D eigenvalue weighted by Gasteiger charge is 2.30. The lowest BCUT2D eigenvalue weighted by Gasteiger charge is -2.33. The lowest BCUT2D eigenvalue weighted by molar-refractivity contribution is -0.148. The molecule has 3 heteroatoms. The summed E-state index contributed by atoms with van der Waals surface area (Å²) in [6, 6.07) is 8.41. The molecule has 1 aliphatic rings. The van der Waals surface area contributed by atoms with Crippen LogP contribution < -0.4 is 0 Å². The minimum Gasteiger partial charge on any atom is -0.481 e. The maximum atomic E-state index is 11.1. The Bertz CT molecular complexity index is 426. The Morgan fingerprint density at radius 3 is 2.65 bits per heavy atom. The highest BCUT2D eigenvalue weighted by atomic mass is 16.4. The number of hydrogen-bond acceptors (Lipinski definition) is 2. The van der Waals surface area contributed by atoms with Gasteiger partial charge in [-0.05, 0) is 31.4 Å². The maximum absolute atomic E-state index is 11.1. The van der Waals surface area contributed by atoms with Crippen molar-refractivity contribution in [2.45, 2.75) is 26.8 Å². The molecule has 2 rings (SSSR count). The molecule has 0 aliphatic carbocycles. The van der Waals surface area contributed by atoms with Gasteiger partial charge < -0.3 is 5.11 Å². The smallest absolute Gasteiger partial charge is 0.310 e. The summed E-state index contributed by atoms with van der Waals surface area (Å²) in [5.74, 6) is -0.726. The van der Waals surface area contributed by atoms with E-state index in [9.17, 15) is 4.79 Å². The number of carboxylic acid groups (broad SMARTS) is 1. The molecule has 0 saturated heterocycles. The zero-order chi connectivity index (χ0) is 12.5. The average Bonchev–Trinajstić information content (AvgIpc) is 2.28. The van der Waals surface area contributed by atoms with Crippen LogP contribution in [0.5, 0.6) is 0 Å². The summed E-state index contributed by atoms with van der Waals surface area (Å²) in [5.41, 5.74) is 2.06. The molecule has 0 radical (unpaired) electrons. The number of aliphatic carboxylic acids is 1. The Morgan fingerprint density at radius 1 is 1.35 bits per heavy atom. The van der Waals surface area contributed by atoms with Crippen LogP contribution in [0.2, 0.25) is 0 Å². The number of fused-ring (bicyclic) bond motifs is 1. The number of carbonyl (C=O) groups is 1. The summed E-state index contributed by atoms with van der Waals surface area (Å²) in [6.07, 6.45) is 1.02. The van der Waals surface area contributed by atoms with Crippen LogP contribution in [-0.2, 0) is 17.8 Å². The first kappa shape index (κ1) is 12.1. The van der Waals surface area contributed by atoms with Crippen molar-refractivity contribution in [3.63, 3.8) is 0 Å². The normalized spacial score (nSPS) is 16.6. The van der Waals surface area contributed by atoms with Crippen LogP contribution in [0.3, 0.4) is 0 Å². The van der Waals surface area contributed by atoms with Crippen molar-refractivity contribution in [1.82, 2.24) is 4.90 Å². The fourth-order valence-corrected chi connectivity index (χ4v) is 2.32. The summed E-state index contributed by atoms with van der Waals surface area (Å²) in [5, 5.41) is 9.14. The van der Waals surface area contributed by atoms with Crippen molar-refractivity contribution in [2.24, 2.45) is 5.41 Å². The SMILES string of the molecule is CC(C)(CN1CCc2ccccc2C1)C(=O)O. The predicted octanol–water partition coefficient (Wildman–Crippen LogP) is 2.16. The molecule has 0 bridgehead atoms. The summed E-state index contributed by atoms with van der Waals surface area (Å²) in [4.78, 5) is 13.3. The molecule has 1 aliphatic heterocycles. The molecular formula is C14H19NO2. The molecule has 0 unspecified atom stereocenters. The fourth-order valence-electron chi connectivity index (χ4n) is 2.32. The Balaban J connectivity index is 2.06. The second kappa shape index (κ2) is 4.49. The topological polar surface area (TPSA) is 40.5 Å². The second-order valence-corrected chi connectivity index (χ2v) is 5.42. The molecule has 92 valence electrons. The van der Waals surface area contributed by atoms with Crippen molar-refractivity contribution < 1.29 is 9.90 Å². The van der Waals surface area contributed by atoms with Gasteiger partial charge in [-0.1, -0.05) is 24.3 Å². The number of hydrogen-bond donors (Lipinski definition) is 1. The minimum atomic E-state index is -0.726. The van der Waals surface area contributed by atoms with Gasteiger partial charge in [0.25, 0.3) is 0 Å². The van der Waals surface area contributed by atoms with E-state index in [2.05, 4.69) is 23.1 Å². The van der Waals surface area contributed by atoms with Crippen LogP contribution in [0, 0.1) is 5.41 Å². The van der Waals surface area contributed by atoms with Gasteiger partial charge in [-0.2, -0.15) is 0 Å². The quantitative estimate of drug-likeness (QED) is 0.869. The van der Waals surface area contributed by atoms with E-state index in [0.717, 1.165) is 19.5 Å². The minimum absolute atomic E-state index is 0.608. The van der Waals surface area contributed by atoms with Crippen LogP contribution in [0.25, 0.3) is 0 Å². The van der Waals surface area contributed by atoms with Crippen molar-refractivity contribution in [1.29, 1.82) is 0 Å². The molecule has 1 aromatic carbocycles. The Hall–Kier alpha value is -1.35. The molecule has 1 N–H and O–H groups in total. The first-order valence-electron chi connectivity index (χ1n) is 6.01. The molecule has 0 aromatic heterocycles. The molecule has 1 aromatic rings. The fraction of sp³-hybridized carbons (Fsp3) is 0.500. The van der Waals surface area contributed by atoms with E-state index in [4.69, 9.17) is 5.11 Å². The van der Waals surface area contributed by atoms with E-state index in [0.29, 0.717) is 6.54 Å². The molecule has 17 heavy (non-hydrogen) atoms. The first-order valence-corrected chi connectivity index (χ1v) is 6.01. The summed E-state index contributed by atoms with van der Waals surface area (Å²) in [6.45, 7) is 6.00. The zero-order valence-electron chi connectivity index (χ0n) is 10.4. The molecule has 0 atom stereocenters. The van der Waals surface area contributed by atoms with E-state index < -0.39 is 11.4 Å². The van der Waals surface area contributed by atoms with Gasteiger partial charge in [0, 0.05) is 19.6 Å². The van der Waals surface area contributed by atoms with Crippen molar-refractivity contribution >= 4 is 5.97 Å². The van der Waals surface area contributed by atoms with E-state index in [1.165, 1.54) is 11.1 Å². The number of rotatable bonds is 3. The standard InChI is InChI=1S/C14H19NO2/c1-14(2,13(16)17)10-15-8-7-11-5-3-4-6-12(11)9-15/h3-6H,7-10H2,1-2H3,(H,16,17). The Morgan fingerprint density at radius 2 is 2.00 bits per heavy atom. The first-order chi connectivity index (χ1) is 7.99. The van der Waals surface area contributed by atoms with Gasteiger partial charge in [-0.3, -0.25) is 9.69 Å². The second-order valence-electron chi connectivity index (χ2n) is 5.42. The summed E-state index contributed by atoms with van der Waals surface area (Å²) >= 11 is 0. The largest absolute Gasteiger partial charge is 0.481 e. The Labute approximate surface area is 102 Å². The predicted molar refractivity (Wildman–Crippen MR) is 66.8 cm³/mol.